The molecular weight excluding hydrogens is 1420 g/mol. The summed E-state index contributed by atoms with van der Waals surface area (Å²) in [5.41, 5.74) is -3.62. The fraction of sp³-hybridized carbons (Fsp3) is 0.929. The van der Waals surface area contributed by atoms with E-state index in [1.54, 1.807) is 6.92 Å². The van der Waals surface area contributed by atoms with Gasteiger partial charge in [-0.05, 0) is 117 Å². The molecule has 0 amide bonds. The number of hydrogen-bond donors (Lipinski definition) is 19. The van der Waals surface area contributed by atoms with Crippen molar-refractivity contribution in [3.05, 3.63) is 11.6 Å². The number of aldehydes is 1. The second kappa shape index (κ2) is 31.1. The molecule has 0 spiro atoms. The topological polar surface area (TPSA) is 565 Å². The van der Waals surface area contributed by atoms with Gasteiger partial charge >= 0.3 is 11.9 Å². The van der Waals surface area contributed by atoms with E-state index in [1.807, 2.05) is 0 Å². The average molecular weight is 1530 g/mol. The fourth-order valence-electron chi connectivity index (χ4n) is 20.0. The summed E-state index contributed by atoms with van der Waals surface area (Å²) in [4.78, 5) is 44.5. The lowest BCUT2D eigenvalue weighted by molar-refractivity contribution is -0.396. The van der Waals surface area contributed by atoms with Crippen LogP contribution in [-0.4, -0.2) is 351 Å². The lowest BCUT2D eigenvalue weighted by atomic mass is 9.33. The Kier molecular flexibility index (Phi) is 24.3. The van der Waals surface area contributed by atoms with Crippen molar-refractivity contribution in [2.24, 2.45) is 50.2 Å². The Labute approximate surface area is 610 Å². The van der Waals surface area contributed by atoms with Crippen LogP contribution in [0.5, 0.6) is 0 Å². The first kappa shape index (κ1) is 82.6. The molecule has 4 saturated carbocycles. The van der Waals surface area contributed by atoms with Gasteiger partial charge in [0.25, 0.3) is 0 Å². The normalized spacial score (nSPS) is 54.6. The first-order valence-electron chi connectivity index (χ1n) is 36.9. The standard InChI is InChI=1S/C70H110O36/c1-25-36(76)52(101-59-48(88)43(83)51(26(2)96-59)100-57-44(84)37(77)29(74)22-93-57)50(90)62(95-25)106-64(92)70-17-15-65(3,4)19-28(70)27-9-10-34-66(5)13-12-35(67(6,24-73)33(66)11-14-69(34,8)68(27,7)16-18-70)99-63-55(104-61-47(87)42(82)40(80)32(21-72)98-61)53(102-60-46(86)41(81)39(79)31(20-71)97-60)49(89)54(103-63)56(91)105-58-45(85)38(78)30(75)23-94-58/h9,24-26,28-55,57-63,71-72,74-90H,10-23H2,1-8H3/t25-,26+,28-,29+,30+,31+,32-,33-,34-,35-,36+,37+,38-,39-,40-,41+,42+,43-,44-,45-,46-,47-,48-,49+,50-,51-,52+,53-,54+,55+,57+,58+,59-,60+,61+,62+,63+,66-,67-,68-,69-,70-/m1/s1. The molecule has 19 N–H and O–H groups in total. The Morgan fingerprint density at radius 1 is 0.472 bits per heavy atom. The zero-order valence-electron chi connectivity index (χ0n) is 60.4. The Balaban J connectivity index is 0.806. The highest BCUT2D eigenvalue weighted by molar-refractivity contribution is 5.79. The van der Waals surface area contributed by atoms with E-state index in [2.05, 4.69) is 40.7 Å². The minimum atomic E-state index is -2.39. The number of ether oxygens (including phenoxy) is 14. The van der Waals surface area contributed by atoms with E-state index >= 15 is 4.79 Å². The van der Waals surface area contributed by atoms with Crippen molar-refractivity contribution in [1.29, 1.82) is 0 Å². The molecule has 11 fully saturated rings. The summed E-state index contributed by atoms with van der Waals surface area (Å²) in [6.07, 6.45) is -54.5. The van der Waals surface area contributed by atoms with Gasteiger partial charge in [0.05, 0.1) is 55.6 Å². The summed E-state index contributed by atoms with van der Waals surface area (Å²) in [6.45, 7) is 12.6. The predicted octanol–water partition coefficient (Wildman–Crippen LogP) is -6.52. The minimum absolute atomic E-state index is 0.0710. The molecule has 12 rings (SSSR count). The van der Waals surface area contributed by atoms with E-state index in [0.717, 1.165) is 11.9 Å². The lowest BCUT2D eigenvalue weighted by Crippen LogP contribution is -2.69. The first-order chi connectivity index (χ1) is 49.8. The molecule has 36 nitrogen and oxygen atoms in total. The Morgan fingerprint density at radius 3 is 1.60 bits per heavy atom. The fourth-order valence-corrected chi connectivity index (χ4v) is 20.0. The Hall–Kier alpha value is -2.89. The first-order valence-corrected chi connectivity index (χ1v) is 36.9. The van der Waals surface area contributed by atoms with Gasteiger partial charge < -0.3 is 168 Å². The summed E-state index contributed by atoms with van der Waals surface area (Å²) in [6, 6.07) is 0. The van der Waals surface area contributed by atoms with Crippen LogP contribution >= 0.6 is 0 Å². The van der Waals surface area contributed by atoms with Crippen LogP contribution in [0.2, 0.25) is 0 Å². The Bertz CT molecular complexity index is 3100. The third-order valence-corrected chi connectivity index (χ3v) is 26.8. The molecule has 7 heterocycles. The SMILES string of the molecule is C[C@@H]1O[C@H](O[C@H]2[C@@H](O)[C@@H](C)O[C@@H](OC(=O)[C@@]34CCC(C)(C)C[C@@H]3C3=CC[C@@H]5[C@]6(C)CC[C@@H](O[C@H]7O[C@H](C(=O)O[C@@H]8OC[C@H](O)[C@@H](O)[C@H]8O)[C@@H](O)[C@@H](O[C@@H]8O[C@@H](CO)[C@@H](O)[C@H](O)[C@H]8O)[C@@H]7O[C@@H]7O[C@H](CO)[C@@H](O)[C@H](O)[C@H]7O)[C@](C)(C=O)[C@@H]6CC[C@@]5(C)[C@]3(C)CC4)[C@@H]2O)[C@H](O)[C@@H](O)[C@@H]1O[C@@H]1OC[C@H](O)[C@H](O)[C@H]1O. The number of fused-ring (bicyclic) bond motifs is 7. The second-order valence-corrected chi connectivity index (χ2v) is 33.5. The molecule has 36 heteroatoms. The Morgan fingerprint density at radius 2 is 1.00 bits per heavy atom. The number of hydrogen-bond acceptors (Lipinski definition) is 36. The molecule has 0 radical (unpaired) electrons. The maximum absolute atomic E-state index is 15.5. The summed E-state index contributed by atoms with van der Waals surface area (Å²) < 4.78 is 83.5. The van der Waals surface area contributed by atoms with Crippen LogP contribution < -0.4 is 0 Å². The zero-order valence-corrected chi connectivity index (χ0v) is 60.4. The van der Waals surface area contributed by atoms with Crippen molar-refractivity contribution in [2.45, 2.75) is 328 Å². The third kappa shape index (κ3) is 14.2. The quantitative estimate of drug-likeness (QED) is 0.0279. The number of esters is 2. The van der Waals surface area contributed by atoms with Crippen LogP contribution in [0.1, 0.15) is 120 Å². The molecule has 0 unspecified atom stereocenters. The van der Waals surface area contributed by atoms with Crippen LogP contribution in [0, 0.1) is 50.2 Å². The molecule has 42 atom stereocenters. The van der Waals surface area contributed by atoms with Crippen molar-refractivity contribution in [1.82, 2.24) is 0 Å². The molecule has 0 aromatic heterocycles. The second-order valence-electron chi connectivity index (χ2n) is 33.5. The van der Waals surface area contributed by atoms with Crippen molar-refractivity contribution in [3.8, 4) is 0 Å². The molecular formula is C70H110O36. The van der Waals surface area contributed by atoms with Gasteiger partial charge in [-0.25, -0.2) is 4.79 Å². The van der Waals surface area contributed by atoms with Crippen LogP contribution in [0.25, 0.3) is 0 Å². The minimum Gasteiger partial charge on any atom is -0.432 e. The molecule has 0 aromatic rings. The van der Waals surface area contributed by atoms with Gasteiger partial charge in [-0.15, -0.1) is 0 Å². The number of allylic oxidation sites excluding steroid dienone is 2. The zero-order chi connectivity index (χ0) is 77.3. The number of rotatable bonds is 17. The van der Waals surface area contributed by atoms with E-state index < -0.39 is 286 Å². The summed E-state index contributed by atoms with van der Waals surface area (Å²) >= 11 is 0. The van der Waals surface area contributed by atoms with Gasteiger partial charge in [-0.3, -0.25) is 4.79 Å². The number of carbonyl (C=O) groups excluding carboxylic acids is 3. The van der Waals surface area contributed by atoms with Gasteiger partial charge in [0.1, 0.15) is 147 Å². The van der Waals surface area contributed by atoms with Crippen LogP contribution in [0.3, 0.4) is 0 Å². The van der Waals surface area contributed by atoms with E-state index in [4.69, 9.17) is 66.3 Å². The summed E-state index contributed by atoms with van der Waals surface area (Å²) in [5, 5.41) is 208. The monoisotopic (exact) mass is 1530 g/mol. The highest BCUT2D eigenvalue weighted by Gasteiger charge is 2.72. The van der Waals surface area contributed by atoms with Crippen LogP contribution in [0.4, 0.5) is 0 Å². The van der Waals surface area contributed by atoms with E-state index in [9.17, 15) is 107 Å². The highest BCUT2D eigenvalue weighted by Crippen LogP contribution is 2.76. The van der Waals surface area contributed by atoms with Crippen LogP contribution in [0.15, 0.2) is 11.6 Å². The van der Waals surface area contributed by atoms with E-state index in [1.165, 1.54) is 13.8 Å². The molecule has 106 heavy (non-hydrogen) atoms. The predicted molar refractivity (Wildman–Crippen MR) is 346 cm³/mol. The molecule has 12 aliphatic rings. The smallest absolute Gasteiger partial charge is 0.340 e. The molecule has 7 saturated heterocycles. The van der Waals surface area contributed by atoms with Crippen molar-refractivity contribution in [2.75, 3.05) is 26.4 Å². The van der Waals surface area contributed by atoms with Crippen molar-refractivity contribution >= 4 is 18.2 Å². The molecule has 5 aliphatic carbocycles. The van der Waals surface area contributed by atoms with E-state index in [-0.39, 0.29) is 17.8 Å². The van der Waals surface area contributed by atoms with Crippen LogP contribution in [-0.2, 0) is 80.7 Å². The molecule has 0 bridgehead atoms. The maximum Gasteiger partial charge on any atom is 0.340 e. The van der Waals surface area contributed by atoms with Gasteiger partial charge in [-0.1, -0.05) is 53.2 Å². The highest BCUT2D eigenvalue weighted by atomic mass is 16.8. The molecule has 606 valence electrons. The van der Waals surface area contributed by atoms with Gasteiger partial charge in [0.2, 0.25) is 12.6 Å². The van der Waals surface area contributed by atoms with Crippen molar-refractivity contribution in [3.63, 3.8) is 0 Å². The van der Waals surface area contributed by atoms with Gasteiger partial charge in [0.15, 0.2) is 37.6 Å². The number of carbonyl (C=O) groups is 3. The maximum atomic E-state index is 15.5. The summed E-state index contributed by atoms with van der Waals surface area (Å²) in [7, 11) is 0. The van der Waals surface area contributed by atoms with E-state index in [0.29, 0.717) is 57.8 Å². The average Bonchev–Trinajstić information content (AvgIpc) is 0.674. The summed E-state index contributed by atoms with van der Waals surface area (Å²) in [5.74, 6) is -3.22. The van der Waals surface area contributed by atoms with Gasteiger partial charge in [-0.2, -0.15) is 0 Å². The number of aliphatic hydroxyl groups excluding tert-OH is 19. The van der Waals surface area contributed by atoms with Gasteiger partial charge in [0, 0.05) is 0 Å². The third-order valence-electron chi connectivity index (χ3n) is 26.8. The largest absolute Gasteiger partial charge is 0.432 e. The molecule has 7 aliphatic heterocycles. The van der Waals surface area contributed by atoms with Crippen molar-refractivity contribution < 1.29 is 178 Å². The number of aliphatic hydroxyl groups is 19. The lowest BCUT2D eigenvalue weighted by Gasteiger charge is -2.71. The molecule has 0 aromatic carbocycles.